The summed E-state index contributed by atoms with van der Waals surface area (Å²) in [6, 6.07) is 15.4. The summed E-state index contributed by atoms with van der Waals surface area (Å²) < 4.78 is 0.705. The van der Waals surface area contributed by atoms with Gasteiger partial charge in [-0.25, -0.2) is 0 Å². The number of hydrogen-bond donors (Lipinski definition) is 1. The van der Waals surface area contributed by atoms with E-state index in [2.05, 4.69) is 37.4 Å². The van der Waals surface area contributed by atoms with Crippen molar-refractivity contribution in [3.8, 4) is 0 Å². The minimum atomic E-state index is 0.705. The van der Waals surface area contributed by atoms with E-state index >= 15 is 0 Å². The third kappa shape index (κ3) is 3.39. The normalized spacial score (nSPS) is 11.9. The molecule has 0 saturated heterocycles. The number of nitrogen functional groups attached to an aromatic ring is 1. The lowest BCUT2D eigenvalue weighted by atomic mass is 10.2. The van der Waals surface area contributed by atoms with Gasteiger partial charge in [-0.15, -0.1) is 5.11 Å². The maximum Gasteiger partial charge on any atom is 0.160 e. The van der Waals surface area contributed by atoms with E-state index in [4.69, 9.17) is 5.73 Å². The lowest BCUT2D eigenvalue weighted by Crippen LogP contribution is -2.34. The third-order valence-electron chi connectivity index (χ3n) is 2.77. The highest BCUT2D eigenvalue weighted by atomic mass is 15.3. The summed E-state index contributed by atoms with van der Waals surface area (Å²) in [4.78, 5) is 0. The molecule has 0 unspecified atom stereocenters. The Kier molecular flexibility index (Phi) is 3.62. The van der Waals surface area contributed by atoms with Gasteiger partial charge in [0.05, 0.1) is 26.8 Å². The summed E-state index contributed by atoms with van der Waals surface area (Å²) >= 11 is 0. The smallest absolute Gasteiger partial charge is 0.160 e. The molecule has 2 aromatic rings. The lowest BCUT2D eigenvalue weighted by molar-refractivity contribution is 0.487. The first-order chi connectivity index (χ1) is 8.97. The van der Waals surface area contributed by atoms with Gasteiger partial charge in [0, 0.05) is 11.8 Å². The van der Waals surface area contributed by atoms with E-state index in [1.165, 1.54) is 0 Å². The average Bonchev–Trinajstić information content (AvgIpc) is 2.37. The highest BCUT2D eigenvalue weighted by Crippen LogP contribution is 2.31. The number of para-hydroxylation sites is 1. The molecule has 2 N–H and O–H groups in total. The second-order valence-corrected chi connectivity index (χ2v) is 5.29. The molecular weight excluding hydrogens is 236 g/mol. The zero-order valence-corrected chi connectivity index (χ0v) is 11.5. The van der Waals surface area contributed by atoms with E-state index in [0.717, 1.165) is 22.7 Å². The molecule has 0 aromatic heterocycles. The molecule has 0 spiro atoms. The van der Waals surface area contributed by atoms with Gasteiger partial charge in [-0.05, 0) is 30.3 Å². The standard InChI is InChI=1S/C15H19N4/c1-19(2,3)15-7-5-4-6-14(15)18-17-13-10-8-12(16)9-11-13/h4-11H,16H2,1-3H3/q+1. The minimum Gasteiger partial charge on any atom is -0.399 e. The molecule has 0 aliphatic rings. The molecule has 0 aliphatic heterocycles. The van der Waals surface area contributed by atoms with Crippen molar-refractivity contribution in [2.75, 3.05) is 26.9 Å². The molecule has 2 rings (SSSR count). The Morgan fingerprint density at radius 2 is 1.47 bits per heavy atom. The van der Waals surface area contributed by atoms with Gasteiger partial charge in [-0.3, -0.25) is 4.48 Å². The second-order valence-electron chi connectivity index (χ2n) is 5.29. The first kappa shape index (κ1) is 13.2. The first-order valence-corrected chi connectivity index (χ1v) is 6.15. The maximum absolute atomic E-state index is 5.64. The van der Waals surface area contributed by atoms with E-state index in [1.807, 2.05) is 42.5 Å². The molecule has 4 nitrogen and oxygen atoms in total. The number of hydrogen-bond acceptors (Lipinski definition) is 3. The molecule has 19 heavy (non-hydrogen) atoms. The molecule has 0 saturated carbocycles. The van der Waals surface area contributed by atoms with Crippen LogP contribution in [0.5, 0.6) is 0 Å². The maximum atomic E-state index is 5.64. The number of quaternary nitrogens is 1. The fraction of sp³-hybridized carbons (Fsp3) is 0.200. The highest BCUT2D eigenvalue weighted by molar-refractivity contribution is 5.63. The van der Waals surface area contributed by atoms with Crippen LogP contribution < -0.4 is 10.2 Å². The number of anilines is 1. The van der Waals surface area contributed by atoms with Crippen LogP contribution in [0.25, 0.3) is 0 Å². The zero-order chi connectivity index (χ0) is 13.9. The molecule has 0 radical (unpaired) electrons. The quantitative estimate of drug-likeness (QED) is 0.505. The number of rotatable bonds is 3. The molecule has 0 bridgehead atoms. The van der Waals surface area contributed by atoms with E-state index in [9.17, 15) is 0 Å². The summed E-state index contributed by atoms with van der Waals surface area (Å²) in [5.41, 5.74) is 9.17. The van der Waals surface area contributed by atoms with Crippen LogP contribution in [0.4, 0.5) is 22.7 Å². The molecule has 0 atom stereocenters. The number of benzene rings is 2. The number of azo groups is 1. The topological polar surface area (TPSA) is 50.7 Å². The van der Waals surface area contributed by atoms with Crippen LogP contribution in [0.1, 0.15) is 0 Å². The van der Waals surface area contributed by atoms with Crippen molar-refractivity contribution in [2.24, 2.45) is 10.2 Å². The van der Waals surface area contributed by atoms with Crippen molar-refractivity contribution < 1.29 is 0 Å². The van der Waals surface area contributed by atoms with Gasteiger partial charge in [-0.2, -0.15) is 5.11 Å². The number of nitrogens with two attached hydrogens (primary N) is 1. The van der Waals surface area contributed by atoms with Crippen molar-refractivity contribution in [2.45, 2.75) is 0 Å². The van der Waals surface area contributed by atoms with Gasteiger partial charge >= 0.3 is 0 Å². The van der Waals surface area contributed by atoms with Crippen LogP contribution >= 0.6 is 0 Å². The largest absolute Gasteiger partial charge is 0.399 e. The van der Waals surface area contributed by atoms with Gasteiger partial charge in [0.25, 0.3) is 0 Å². The summed E-state index contributed by atoms with van der Waals surface area (Å²) in [5.74, 6) is 0. The highest BCUT2D eigenvalue weighted by Gasteiger charge is 2.16. The minimum absolute atomic E-state index is 0.705. The van der Waals surface area contributed by atoms with E-state index in [-0.39, 0.29) is 0 Å². The first-order valence-electron chi connectivity index (χ1n) is 6.15. The Balaban J connectivity index is 2.31. The van der Waals surface area contributed by atoms with E-state index in [1.54, 1.807) is 0 Å². The van der Waals surface area contributed by atoms with Crippen molar-refractivity contribution in [1.29, 1.82) is 0 Å². The van der Waals surface area contributed by atoms with Crippen molar-refractivity contribution in [3.05, 3.63) is 48.5 Å². The van der Waals surface area contributed by atoms with Crippen molar-refractivity contribution in [1.82, 2.24) is 4.48 Å². The second kappa shape index (κ2) is 5.20. The summed E-state index contributed by atoms with van der Waals surface area (Å²) in [6.45, 7) is 0. The zero-order valence-electron chi connectivity index (χ0n) is 11.5. The van der Waals surface area contributed by atoms with Crippen LogP contribution in [-0.2, 0) is 0 Å². The van der Waals surface area contributed by atoms with E-state index in [0.29, 0.717) is 4.48 Å². The van der Waals surface area contributed by atoms with Crippen LogP contribution in [-0.4, -0.2) is 21.1 Å². The van der Waals surface area contributed by atoms with Crippen molar-refractivity contribution >= 4 is 22.7 Å². The Labute approximate surface area is 113 Å². The molecule has 98 valence electrons. The Morgan fingerprint density at radius 1 is 0.842 bits per heavy atom. The lowest BCUT2D eigenvalue weighted by Gasteiger charge is -2.24. The molecule has 0 heterocycles. The SMILES string of the molecule is C[N+](C)(C)c1ccccc1N=Nc1ccc(N)cc1. The van der Waals surface area contributed by atoms with E-state index < -0.39 is 0 Å². The molecule has 2 aromatic carbocycles. The van der Waals surface area contributed by atoms with Gasteiger partial charge in [0.15, 0.2) is 5.69 Å². The number of nitrogens with zero attached hydrogens (tertiary/aromatic N) is 3. The molecule has 0 fully saturated rings. The van der Waals surface area contributed by atoms with Crippen LogP contribution in [0.3, 0.4) is 0 Å². The van der Waals surface area contributed by atoms with Gasteiger partial charge in [0.2, 0.25) is 0 Å². The molecular formula is C15H19N4+. The molecule has 0 amide bonds. The predicted octanol–water partition coefficient (Wildman–Crippen LogP) is 3.88. The summed E-state index contributed by atoms with van der Waals surface area (Å²) in [6.07, 6.45) is 0. The van der Waals surface area contributed by atoms with Crippen LogP contribution in [0, 0.1) is 0 Å². The fourth-order valence-corrected chi connectivity index (χ4v) is 1.77. The van der Waals surface area contributed by atoms with Gasteiger partial charge in [0.1, 0.15) is 5.69 Å². The summed E-state index contributed by atoms with van der Waals surface area (Å²) in [5, 5.41) is 8.59. The van der Waals surface area contributed by atoms with Gasteiger partial charge in [-0.1, -0.05) is 12.1 Å². The molecule has 4 heteroatoms. The fourth-order valence-electron chi connectivity index (χ4n) is 1.77. The Hall–Kier alpha value is -2.20. The van der Waals surface area contributed by atoms with Crippen LogP contribution in [0.2, 0.25) is 0 Å². The predicted molar refractivity (Wildman–Crippen MR) is 81.0 cm³/mol. The summed E-state index contributed by atoms with van der Waals surface area (Å²) in [7, 11) is 6.33. The van der Waals surface area contributed by atoms with Crippen LogP contribution in [0.15, 0.2) is 58.8 Å². The Morgan fingerprint density at radius 3 is 2.11 bits per heavy atom. The molecule has 0 aliphatic carbocycles. The monoisotopic (exact) mass is 255 g/mol. The average molecular weight is 255 g/mol. The Bertz CT molecular complexity index is 580. The third-order valence-corrected chi connectivity index (χ3v) is 2.77. The van der Waals surface area contributed by atoms with Gasteiger partial charge < -0.3 is 5.73 Å². The van der Waals surface area contributed by atoms with Crippen molar-refractivity contribution in [3.63, 3.8) is 0 Å².